The quantitative estimate of drug-likeness (QED) is 0.836. The van der Waals surface area contributed by atoms with Crippen molar-refractivity contribution >= 4 is 9.73 Å². The Labute approximate surface area is 85.5 Å². The Morgan fingerprint density at radius 1 is 1.50 bits per heavy atom. The maximum atomic E-state index is 11.2. The van der Waals surface area contributed by atoms with Gasteiger partial charge in [0.15, 0.2) is 0 Å². The summed E-state index contributed by atoms with van der Waals surface area (Å²) in [4.78, 5) is 4.25. The number of hydrogen-bond donors (Lipinski definition) is 1. The minimum Gasteiger partial charge on any atom is -0.261 e. The first-order chi connectivity index (χ1) is 6.38. The average Bonchev–Trinajstić information content (AvgIpc) is 2.02. The van der Waals surface area contributed by atoms with Crippen LogP contribution in [0.1, 0.15) is 31.0 Å². The molecule has 0 saturated heterocycles. The lowest BCUT2D eigenvalue weighted by atomic mass is 10.1. The van der Waals surface area contributed by atoms with Crippen LogP contribution in [0.2, 0.25) is 0 Å². The molecule has 0 amide bonds. The molecule has 1 aromatic heterocycles. The third-order valence-electron chi connectivity index (χ3n) is 1.88. The summed E-state index contributed by atoms with van der Waals surface area (Å²) in [5.74, 6) is 0.698. The molecule has 0 aliphatic heterocycles. The van der Waals surface area contributed by atoms with Crippen LogP contribution in [-0.4, -0.2) is 15.4 Å². The van der Waals surface area contributed by atoms with Gasteiger partial charge in [-0.05, 0) is 17.5 Å². The number of pyridine rings is 1. The lowest BCUT2D eigenvalue weighted by molar-refractivity contribution is 0.678. The number of hydrogen-bond acceptors (Lipinski definition) is 3. The zero-order chi connectivity index (χ0) is 10.8. The third-order valence-corrected chi connectivity index (χ3v) is 2.77. The molecule has 3 nitrogen and oxygen atoms in total. The first-order valence-corrected chi connectivity index (χ1v) is 6.68. The molecule has 0 aliphatic carbocycles. The SMILES string of the molecule is CC(C)c1ccc(CS(C)(=N)=O)cn1. The van der Waals surface area contributed by atoms with Crippen molar-refractivity contribution in [2.45, 2.75) is 25.5 Å². The van der Waals surface area contributed by atoms with Gasteiger partial charge in [0.1, 0.15) is 0 Å². The Balaban J connectivity index is 2.84. The lowest BCUT2D eigenvalue weighted by Crippen LogP contribution is -2.00. The van der Waals surface area contributed by atoms with Gasteiger partial charge in [-0.25, -0.2) is 4.21 Å². The van der Waals surface area contributed by atoms with Crippen LogP contribution >= 0.6 is 0 Å². The minimum absolute atomic E-state index is 0.290. The molecule has 0 bridgehead atoms. The minimum atomic E-state index is -2.45. The van der Waals surface area contributed by atoms with E-state index in [0.29, 0.717) is 11.7 Å². The zero-order valence-corrected chi connectivity index (χ0v) is 9.60. The lowest BCUT2D eigenvalue weighted by Gasteiger charge is -2.05. The Bertz CT molecular complexity index is 393. The number of nitrogens with one attached hydrogen (secondary N) is 1. The van der Waals surface area contributed by atoms with Crippen LogP contribution in [-0.2, 0) is 15.5 Å². The molecule has 0 saturated carbocycles. The highest BCUT2D eigenvalue weighted by Gasteiger charge is 2.03. The van der Waals surface area contributed by atoms with E-state index in [0.717, 1.165) is 11.3 Å². The largest absolute Gasteiger partial charge is 0.261 e. The normalized spacial score (nSPS) is 15.4. The van der Waals surface area contributed by atoms with E-state index in [-0.39, 0.29) is 0 Å². The molecule has 1 unspecified atom stereocenters. The first kappa shape index (κ1) is 11.2. The monoisotopic (exact) mass is 212 g/mol. The van der Waals surface area contributed by atoms with Crippen molar-refractivity contribution in [2.24, 2.45) is 0 Å². The summed E-state index contributed by atoms with van der Waals surface area (Å²) < 4.78 is 18.5. The molecule has 0 radical (unpaired) electrons. The zero-order valence-electron chi connectivity index (χ0n) is 8.78. The van der Waals surface area contributed by atoms with E-state index < -0.39 is 9.73 Å². The van der Waals surface area contributed by atoms with E-state index in [1.807, 2.05) is 12.1 Å². The van der Waals surface area contributed by atoms with E-state index in [1.54, 1.807) is 6.20 Å². The van der Waals surface area contributed by atoms with Gasteiger partial charge < -0.3 is 0 Å². The van der Waals surface area contributed by atoms with Gasteiger partial charge in [0.05, 0.1) is 5.75 Å². The predicted molar refractivity (Wildman–Crippen MR) is 58.8 cm³/mol. The molecule has 4 heteroatoms. The average molecular weight is 212 g/mol. The number of aromatic nitrogens is 1. The van der Waals surface area contributed by atoms with Gasteiger partial charge in [-0.1, -0.05) is 19.9 Å². The summed E-state index contributed by atoms with van der Waals surface area (Å²) in [7, 11) is -2.45. The fourth-order valence-corrected chi connectivity index (χ4v) is 1.99. The summed E-state index contributed by atoms with van der Waals surface area (Å²) in [6, 6.07) is 3.84. The van der Waals surface area contributed by atoms with Crippen molar-refractivity contribution in [1.82, 2.24) is 4.98 Å². The molecule has 1 atom stereocenters. The van der Waals surface area contributed by atoms with Gasteiger partial charge in [-0.3, -0.25) is 9.76 Å². The molecule has 1 heterocycles. The maximum absolute atomic E-state index is 11.2. The highest BCUT2D eigenvalue weighted by atomic mass is 32.2. The Kier molecular flexibility index (Phi) is 3.26. The van der Waals surface area contributed by atoms with E-state index >= 15 is 0 Å². The Morgan fingerprint density at radius 2 is 2.14 bits per heavy atom. The highest BCUT2D eigenvalue weighted by Crippen LogP contribution is 2.12. The summed E-state index contributed by atoms with van der Waals surface area (Å²) in [5, 5.41) is 0. The van der Waals surface area contributed by atoms with Gasteiger partial charge >= 0.3 is 0 Å². The van der Waals surface area contributed by atoms with Crippen LogP contribution in [0.5, 0.6) is 0 Å². The van der Waals surface area contributed by atoms with Gasteiger partial charge in [-0.15, -0.1) is 0 Å². The van der Waals surface area contributed by atoms with E-state index in [9.17, 15) is 4.21 Å². The third kappa shape index (κ3) is 3.46. The topological polar surface area (TPSA) is 53.8 Å². The van der Waals surface area contributed by atoms with Gasteiger partial charge in [0.25, 0.3) is 0 Å². The van der Waals surface area contributed by atoms with Crippen molar-refractivity contribution in [3.63, 3.8) is 0 Å². The second-order valence-electron chi connectivity index (χ2n) is 3.90. The standard InChI is InChI=1S/C10H16N2OS/c1-8(2)10-5-4-9(6-12-10)7-14(3,11)13/h4-6,8,11H,7H2,1-3H3. The summed E-state index contributed by atoms with van der Waals surface area (Å²) in [6.45, 7) is 4.16. The van der Waals surface area contributed by atoms with Gasteiger partial charge in [-0.2, -0.15) is 0 Å². The van der Waals surface area contributed by atoms with Crippen LogP contribution in [0, 0.1) is 4.78 Å². The summed E-state index contributed by atoms with van der Waals surface area (Å²) in [5.41, 5.74) is 1.90. The van der Waals surface area contributed by atoms with Crippen LogP contribution in [0.3, 0.4) is 0 Å². The highest BCUT2D eigenvalue weighted by molar-refractivity contribution is 7.90. The van der Waals surface area contributed by atoms with Crippen LogP contribution < -0.4 is 0 Å². The van der Waals surface area contributed by atoms with Gasteiger partial charge in [0.2, 0.25) is 0 Å². The Hall–Kier alpha value is -0.900. The van der Waals surface area contributed by atoms with Crippen molar-refractivity contribution in [2.75, 3.05) is 6.26 Å². The van der Waals surface area contributed by atoms with Crippen molar-refractivity contribution in [1.29, 1.82) is 4.78 Å². The number of nitrogens with zero attached hydrogens (tertiary/aromatic N) is 1. The van der Waals surface area contributed by atoms with Crippen LogP contribution in [0.15, 0.2) is 18.3 Å². The van der Waals surface area contributed by atoms with E-state index in [4.69, 9.17) is 4.78 Å². The Morgan fingerprint density at radius 3 is 2.50 bits per heavy atom. The molecule has 0 aliphatic rings. The predicted octanol–water partition coefficient (Wildman–Crippen LogP) is 2.38. The van der Waals surface area contributed by atoms with Gasteiger partial charge in [0, 0.05) is 27.9 Å². The smallest absolute Gasteiger partial charge is 0.0578 e. The summed E-state index contributed by atoms with van der Waals surface area (Å²) in [6.07, 6.45) is 3.16. The molecule has 78 valence electrons. The number of rotatable bonds is 3. The molecular weight excluding hydrogens is 196 g/mol. The fraction of sp³-hybridized carbons (Fsp3) is 0.500. The van der Waals surface area contributed by atoms with Crippen LogP contribution in [0.4, 0.5) is 0 Å². The van der Waals surface area contributed by atoms with Crippen molar-refractivity contribution in [3.05, 3.63) is 29.6 Å². The molecule has 0 fully saturated rings. The van der Waals surface area contributed by atoms with Crippen LogP contribution in [0.25, 0.3) is 0 Å². The molecule has 14 heavy (non-hydrogen) atoms. The fourth-order valence-electron chi connectivity index (χ4n) is 1.18. The molecule has 1 rings (SSSR count). The van der Waals surface area contributed by atoms with E-state index in [1.165, 1.54) is 6.26 Å². The maximum Gasteiger partial charge on any atom is 0.0578 e. The second kappa shape index (κ2) is 4.09. The molecular formula is C10H16N2OS. The molecule has 0 spiro atoms. The first-order valence-electron chi connectivity index (χ1n) is 4.55. The molecule has 1 aromatic rings. The summed E-state index contributed by atoms with van der Waals surface area (Å²) >= 11 is 0. The van der Waals surface area contributed by atoms with Crippen molar-refractivity contribution < 1.29 is 4.21 Å². The van der Waals surface area contributed by atoms with E-state index in [2.05, 4.69) is 18.8 Å². The molecule has 0 aromatic carbocycles. The van der Waals surface area contributed by atoms with Crippen molar-refractivity contribution in [3.8, 4) is 0 Å². The molecule has 1 N–H and O–H groups in total. The second-order valence-corrected chi connectivity index (χ2v) is 6.19.